The number of methoxy groups -OCH3 is 1. The lowest BCUT2D eigenvalue weighted by atomic mass is 10.2. The van der Waals surface area contributed by atoms with Crippen LogP contribution in [0.25, 0.3) is 10.1 Å². The first-order valence-electron chi connectivity index (χ1n) is 5.38. The number of fused-ring (bicyclic) bond motifs is 1. The lowest BCUT2D eigenvalue weighted by Crippen LogP contribution is -2.01. The second-order valence-electron chi connectivity index (χ2n) is 3.24. The van der Waals surface area contributed by atoms with Crippen molar-refractivity contribution in [1.82, 2.24) is 0 Å². The standard InChI is InChI=1S/C10H7NO4S.2CH2O2/c1-15-10(12)9-8(11(13)14)6-4-2-3-5-7(6)16-9;2*2-1-3/h2-5H,1H3;2*1H,(H,2,3). The Labute approximate surface area is 127 Å². The fourth-order valence-electron chi connectivity index (χ4n) is 1.44. The number of esters is 1. The molecule has 1 aromatic carbocycles. The summed E-state index contributed by atoms with van der Waals surface area (Å²) in [5.41, 5.74) is -0.174. The van der Waals surface area contributed by atoms with E-state index in [0.717, 1.165) is 11.3 Å². The Hall–Kier alpha value is -3.01. The van der Waals surface area contributed by atoms with Crippen molar-refractivity contribution in [1.29, 1.82) is 0 Å². The van der Waals surface area contributed by atoms with Gasteiger partial charge >= 0.3 is 11.7 Å². The predicted molar refractivity (Wildman–Crippen MR) is 77.2 cm³/mol. The third-order valence-corrected chi connectivity index (χ3v) is 3.26. The van der Waals surface area contributed by atoms with Crippen molar-refractivity contribution < 1.29 is 34.3 Å². The molecule has 118 valence electrons. The van der Waals surface area contributed by atoms with Crippen LogP contribution >= 0.6 is 11.3 Å². The molecule has 0 amide bonds. The molecule has 0 saturated carbocycles. The van der Waals surface area contributed by atoms with E-state index in [1.165, 1.54) is 7.11 Å². The van der Waals surface area contributed by atoms with Crippen LogP contribution in [0.4, 0.5) is 5.69 Å². The average molecular weight is 329 g/mol. The molecule has 0 atom stereocenters. The molecule has 0 fully saturated rings. The third kappa shape index (κ3) is 4.83. The van der Waals surface area contributed by atoms with Crippen molar-refractivity contribution in [2.24, 2.45) is 0 Å². The summed E-state index contributed by atoms with van der Waals surface area (Å²) in [5.74, 6) is -0.673. The molecular formula is C12H11NO8S. The van der Waals surface area contributed by atoms with Gasteiger partial charge in [-0.25, -0.2) is 4.79 Å². The molecule has 22 heavy (non-hydrogen) atoms. The molecule has 9 nitrogen and oxygen atoms in total. The van der Waals surface area contributed by atoms with Crippen molar-refractivity contribution >= 4 is 46.0 Å². The minimum Gasteiger partial charge on any atom is -0.483 e. The minimum atomic E-state index is -0.673. The van der Waals surface area contributed by atoms with Crippen LogP contribution in [0, 0.1) is 10.1 Å². The lowest BCUT2D eigenvalue weighted by molar-refractivity contribution is -0.383. The van der Waals surface area contributed by atoms with E-state index in [9.17, 15) is 14.9 Å². The zero-order valence-electron chi connectivity index (χ0n) is 11.2. The molecule has 0 radical (unpaired) electrons. The van der Waals surface area contributed by atoms with Gasteiger partial charge in [-0.3, -0.25) is 19.7 Å². The smallest absolute Gasteiger partial charge is 0.355 e. The highest BCUT2D eigenvalue weighted by Gasteiger charge is 2.27. The van der Waals surface area contributed by atoms with Crippen LogP contribution in [0.3, 0.4) is 0 Å². The zero-order valence-corrected chi connectivity index (χ0v) is 12.0. The number of benzene rings is 1. The highest BCUT2D eigenvalue weighted by Crippen LogP contribution is 2.37. The van der Waals surface area contributed by atoms with E-state index < -0.39 is 10.9 Å². The Morgan fingerprint density at radius 2 is 1.77 bits per heavy atom. The van der Waals surface area contributed by atoms with Crippen LogP contribution in [-0.2, 0) is 14.3 Å². The number of hydrogen-bond acceptors (Lipinski definition) is 7. The van der Waals surface area contributed by atoms with Crippen LogP contribution in [0.1, 0.15) is 9.67 Å². The topological polar surface area (TPSA) is 144 Å². The van der Waals surface area contributed by atoms with Crippen molar-refractivity contribution in [2.45, 2.75) is 0 Å². The molecule has 2 rings (SSSR count). The molecule has 0 saturated heterocycles. The SMILES string of the molecule is COC(=O)c1sc2ccccc2c1[N+](=O)[O-].O=CO.O=CO. The summed E-state index contributed by atoms with van der Waals surface area (Å²) in [6.45, 7) is -0.500. The van der Waals surface area contributed by atoms with Crippen LogP contribution in [-0.4, -0.2) is 41.2 Å². The molecule has 0 aliphatic rings. The molecule has 0 unspecified atom stereocenters. The van der Waals surface area contributed by atoms with Crippen molar-refractivity contribution in [3.63, 3.8) is 0 Å². The van der Waals surface area contributed by atoms with E-state index in [1.54, 1.807) is 24.3 Å². The first-order valence-corrected chi connectivity index (χ1v) is 6.20. The van der Waals surface area contributed by atoms with Gasteiger partial charge < -0.3 is 14.9 Å². The Kier molecular flexibility index (Phi) is 8.48. The number of ether oxygens (including phenoxy) is 1. The maximum Gasteiger partial charge on any atom is 0.355 e. The van der Waals surface area contributed by atoms with Gasteiger partial charge in [-0.1, -0.05) is 12.1 Å². The van der Waals surface area contributed by atoms with E-state index in [2.05, 4.69) is 4.74 Å². The number of nitrogens with zero attached hydrogens (tertiary/aromatic N) is 1. The molecule has 0 spiro atoms. The normalized spacial score (nSPS) is 8.59. The van der Waals surface area contributed by atoms with E-state index in [4.69, 9.17) is 19.8 Å². The Bertz CT molecular complexity index is 660. The highest BCUT2D eigenvalue weighted by atomic mass is 32.1. The van der Waals surface area contributed by atoms with Gasteiger partial charge in [0.05, 0.1) is 17.4 Å². The molecule has 2 N–H and O–H groups in total. The van der Waals surface area contributed by atoms with Gasteiger partial charge in [-0.2, -0.15) is 0 Å². The van der Waals surface area contributed by atoms with Crippen LogP contribution in [0.5, 0.6) is 0 Å². The molecule has 1 aromatic heterocycles. The van der Waals surface area contributed by atoms with Crippen molar-refractivity contribution in [3.8, 4) is 0 Å². The van der Waals surface area contributed by atoms with Gasteiger partial charge in [0.25, 0.3) is 12.9 Å². The van der Waals surface area contributed by atoms with Crippen LogP contribution in [0.15, 0.2) is 24.3 Å². The Balaban J connectivity index is 0.000000639. The molecule has 2 aromatic rings. The van der Waals surface area contributed by atoms with Crippen LogP contribution in [0.2, 0.25) is 0 Å². The van der Waals surface area contributed by atoms with Crippen molar-refractivity contribution in [2.75, 3.05) is 7.11 Å². The van der Waals surface area contributed by atoms with Gasteiger partial charge in [-0.15, -0.1) is 11.3 Å². The quantitative estimate of drug-likeness (QED) is 0.368. The van der Waals surface area contributed by atoms with Gasteiger partial charge in [-0.05, 0) is 12.1 Å². The molecular weight excluding hydrogens is 318 g/mol. The first-order chi connectivity index (χ1) is 10.5. The number of carbonyl (C=O) groups excluding carboxylic acids is 1. The third-order valence-electron chi connectivity index (χ3n) is 2.12. The van der Waals surface area contributed by atoms with E-state index in [1.807, 2.05) is 0 Å². The lowest BCUT2D eigenvalue weighted by Gasteiger charge is -1.94. The van der Waals surface area contributed by atoms with Gasteiger partial charge in [0.2, 0.25) is 0 Å². The Morgan fingerprint density at radius 1 is 1.27 bits per heavy atom. The fraction of sp³-hybridized carbons (Fsp3) is 0.0833. The minimum absolute atomic E-state index is 0.0358. The number of nitro groups is 1. The van der Waals surface area contributed by atoms with Crippen LogP contribution < -0.4 is 0 Å². The summed E-state index contributed by atoms with van der Waals surface area (Å²) in [7, 11) is 1.20. The average Bonchev–Trinajstić information content (AvgIpc) is 2.87. The van der Waals surface area contributed by atoms with Crippen molar-refractivity contribution in [3.05, 3.63) is 39.3 Å². The predicted octanol–water partition coefficient (Wildman–Crippen LogP) is 2.00. The number of carboxylic acid groups (broad SMARTS) is 2. The molecule has 1 heterocycles. The summed E-state index contributed by atoms with van der Waals surface area (Å²) in [4.78, 5) is 38.5. The number of thiophene rings is 1. The van der Waals surface area contributed by atoms with E-state index in [-0.39, 0.29) is 23.5 Å². The number of hydrogen-bond donors (Lipinski definition) is 2. The maximum absolute atomic E-state index is 11.4. The summed E-state index contributed by atoms with van der Waals surface area (Å²) in [5, 5.41) is 25.2. The Morgan fingerprint density at radius 3 is 2.23 bits per heavy atom. The molecule has 0 aliphatic heterocycles. The van der Waals surface area contributed by atoms with Gasteiger partial charge in [0, 0.05) is 4.70 Å². The summed E-state index contributed by atoms with van der Waals surface area (Å²) in [6.07, 6.45) is 0. The monoisotopic (exact) mass is 329 g/mol. The summed E-state index contributed by atoms with van der Waals surface area (Å²) >= 11 is 1.07. The van der Waals surface area contributed by atoms with E-state index in [0.29, 0.717) is 10.1 Å². The molecule has 0 aliphatic carbocycles. The second-order valence-corrected chi connectivity index (χ2v) is 4.29. The molecule has 10 heteroatoms. The number of carbonyl (C=O) groups is 3. The van der Waals surface area contributed by atoms with E-state index >= 15 is 0 Å². The fourth-order valence-corrected chi connectivity index (χ4v) is 2.53. The zero-order chi connectivity index (χ0) is 17.1. The summed E-state index contributed by atoms with van der Waals surface area (Å²) in [6, 6.07) is 6.82. The second kappa shape index (κ2) is 9.83. The largest absolute Gasteiger partial charge is 0.483 e. The highest BCUT2D eigenvalue weighted by molar-refractivity contribution is 7.21. The first kappa shape index (κ1) is 19.0. The summed E-state index contributed by atoms with van der Waals surface area (Å²) < 4.78 is 5.23. The number of rotatable bonds is 2. The van der Waals surface area contributed by atoms with Gasteiger partial charge in [0.1, 0.15) is 0 Å². The molecule has 0 bridgehead atoms. The maximum atomic E-state index is 11.4. The van der Waals surface area contributed by atoms with Gasteiger partial charge in [0.15, 0.2) is 4.88 Å².